The van der Waals surface area contributed by atoms with Gasteiger partial charge in [0.25, 0.3) is 0 Å². The van der Waals surface area contributed by atoms with Crippen LogP contribution >= 0.6 is 0 Å². The van der Waals surface area contributed by atoms with Gasteiger partial charge < -0.3 is 0 Å². The molecule has 28 heavy (non-hydrogen) atoms. The third kappa shape index (κ3) is 16.0. The van der Waals surface area contributed by atoms with Crippen LogP contribution in [0.2, 0.25) is 0 Å². The molecule has 0 bridgehead atoms. The van der Waals surface area contributed by atoms with Crippen molar-refractivity contribution in [2.45, 2.75) is 78.6 Å². The van der Waals surface area contributed by atoms with Gasteiger partial charge >= 0.3 is 0 Å². The molecule has 0 aromatic carbocycles. The molecule has 0 aromatic rings. The maximum atomic E-state index is 2.23. The molecule has 3 saturated carbocycles. The van der Waals surface area contributed by atoms with Gasteiger partial charge in [-0.25, -0.2) is 0 Å². The summed E-state index contributed by atoms with van der Waals surface area (Å²) >= 11 is 0. The largest absolute Gasteiger partial charge is 0.0654 e. The number of unbranched alkanes of at least 4 members (excludes halogenated alkanes) is 3. The molecule has 0 nitrogen and oxygen atoms in total. The van der Waals surface area contributed by atoms with E-state index >= 15 is 0 Å². The molecule has 0 amide bonds. The minimum atomic E-state index is 0. The Bertz CT molecular complexity index is 235. The summed E-state index contributed by atoms with van der Waals surface area (Å²) < 4.78 is 0. The van der Waals surface area contributed by atoms with Crippen molar-refractivity contribution in [2.24, 2.45) is 0 Å². The first-order valence-corrected chi connectivity index (χ1v) is 10.9. The molecule has 0 heterocycles. The standard InChI is InChI=1S/3C9H13.Er/c3*1-2-3-6-9-7-4-5-8-9;/h3*4-5,7-8H,2-3,6H2,1H3;. The van der Waals surface area contributed by atoms with Crippen molar-refractivity contribution in [3.8, 4) is 0 Å². The molecule has 3 aliphatic rings. The second kappa shape index (κ2) is 21.5. The Hall–Kier alpha value is 1.25. The summed E-state index contributed by atoms with van der Waals surface area (Å²) in [7, 11) is 0. The van der Waals surface area contributed by atoms with Crippen LogP contribution in [0, 0.1) is 132 Å². The first-order chi connectivity index (χ1) is 13.3. The van der Waals surface area contributed by atoms with Crippen LogP contribution < -0.4 is 0 Å². The third-order valence-electron chi connectivity index (χ3n) is 4.65. The smallest absolute Gasteiger partial charge is 0 e. The van der Waals surface area contributed by atoms with Crippen LogP contribution in [0.25, 0.3) is 0 Å². The van der Waals surface area contributed by atoms with Crippen molar-refractivity contribution < 1.29 is 37.3 Å². The summed E-state index contributed by atoms with van der Waals surface area (Å²) in [6.07, 6.45) is 37.4. The normalized spacial score (nSPS) is 20.2. The first kappa shape index (κ1) is 29.2. The number of rotatable bonds is 9. The summed E-state index contributed by atoms with van der Waals surface area (Å²) in [4.78, 5) is 0. The van der Waals surface area contributed by atoms with E-state index in [9.17, 15) is 0 Å². The molecule has 159 valence electrons. The van der Waals surface area contributed by atoms with Crippen LogP contribution in [0.5, 0.6) is 0 Å². The van der Waals surface area contributed by atoms with Crippen LogP contribution in [0.1, 0.15) is 78.6 Å². The van der Waals surface area contributed by atoms with Gasteiger partial charge in [0.05, 0.1) is 0 Å². The molecule has 0 aliphatic heterocycles. The van der Waals surface area contributed by atoms with Crippen molar-refractivity contribution in [2.75, 3.05) is 0 Å². The summed E-state index contributed by atoms with van der Waals surface area (Å²) in [5.41, 5.74) is 0. The zero-order chi connectivity index (χ0) is 19.6. The van der Waals surface area contributed by atoms with Gasteiger partial charge in [0, 0.05) is 37.3 Å². The monoisotopic (exact) mass is 529 g/mol. The Morgan fingerprint density at radius 1 is 0.429 bits per heavy atom. The Balaban J connectivity index is 0.000000384. The van der Waals surface area contributed by atoms with E-state index in [0.717, 1.165) is 0 Å². The number of hydrogen-bond donors (Lipinski definition) is 0. The summed E-state index contributed by atoms with van der Waals surface area (Å²) in [6.45, 7) is 6.68. The molecule has 1 heteroatoms. The van der Waals surface area contributed by atoms with Crippen LogP contribution in [0.15, 0.2) is 0 Å². The van der Waals surface area contributed by atoms with Crippen molar-refractivity contribution >= 4 is 0 Å². The Morgan fingerprint density at radius 2 is 0.643 bits per heavy atom. The van der Waals surface area contributed by atoms with Gasteiger partial charge in [-0.05, 0) is 114 Å². The zero-order valence-corrected chi connectivity index (χ0v) is 19.9. The van der Waals surface area contributed by atoms with E-state index in [4.69, 9.17) is 0 Å². The average Bonchev–Trinajstić information content (AvgIpc) is 3.47. The molecule has 0 spiro atoms. The van der Waals surface area contributed by atoms with Crippen LogP contribution in [-0.2, 0) is 0 Å². The summed E-state index contributed by atoms with van der Waals surface area (Å²) in [5, 5.41) is 0. The van der Waals surface area contributed by atoms with Crippen LogP contribution in [-0.4, -0.2) is 0 Å². The molecule has 0 atom stereocenters. The second-order valence-corrected chi connectivity index (χ2v) is 7.19. The first-order valence-electron chi connectivity index (χ1n) is 10.9. The van der Waals surface area contributed by atoms with E-state index in [2.05, 4.69) is 97.8 Å². The van der Waals surface area contributed by atoms with Crippen molar-refractivity contribution in [1.29, 1.82) is 0 Å². The van der Waals surface area contributed by atoms with Crippen molar-refractivity contribution in [3.05, 3.63) is 94.8 Å². The number of hydrogen-bond acceptors (Lipinski definition) is 0. The van der Waals surface area contributed by atoms with E-state index in [1.54, 1.807) is 0 Å². The van der Waals surface area contributed by atoms with Gasteiger partial charge in [0.2, 0.25) is 0 Å². The van der Waals surface area contributed by atoms with E-state index in [0.29, 0.717) is 0 Å². The van der Waals surface area contributed by atoms with Gasteiger partial charge in [-0.15, -0.1) is 0 Å². The second-order valence-electron chi connectivity index (χ2n) is 7.19. The average molecular weight is 531 g/mol. The van der Waals surface area contributed by atoms with Crippen molar-refractivity contribution in [1.82, 2.24) is 0 Å². The molecule has 3 fully saturated rings. The van der Waals surface area contributed by atoms with Gasteiger partial charge in [-0.2, -0.15) is 0 Å². The fourth-order valence-corrected chi connectivity index (χ4v) is 2.88. The Morgan fingerprint density at radius 3 is 0.821 bits per heavy atom. The summed E-state index contributed by atoms with van der Waals surface area (Å²) in [6, 6.07) is 0. The van der Waals surface area contributed by atoms with Crippen LogP contribution in [0.3, 0.4) is 0 Å². The van der Waals surface area contributed by atoms with Gasteiger partial charge in [-0.1, -0.05) is 59.3 Å². The fraction of sp³-hybridized carbons (Fsp3) is 0.444. The van der Waals surface area contributed by atoms with Gasteiger partial charge in [0.15, 0.2) is 0 Å². The van der Waals surface area contributed by atoms with E-state index in [1.165, 1.54) is 75.5 Å². The van der Waals surface area contributed by atoms with Gasteiger partial charge in [-0.3, -0.25) is 0 Å². The predicted molar refractivity (Wildman–Crippen MR) is 120 cm³/mol. The van der Waals surface area contributed by atoms with Crippen LogP contribution in [0.4, 0.5) is 0 Å². The van der Waals surface area contributed by atoms with E-state index in [1.807, 2.05) is 0 Å². The minimum Gasteiger partial charge on any atom is -0.0654 e. The molecular weight excluding hydrogens is 492 g/mol. The molecule has 0 saturated heterocycles. The van der Waals surface area contributed by atoms with E-state index in [-0.39, 0.29) is 37.3 Å². The van der Waals surface area contributed by atoms with E-state index < -0.39 is 0 Å². The fourth-order valence-electron chi connectivity index (χ4n) is 2.88. The zero-order valence-electron chi connectivity index (χ0n) is 18.1. The molecule has 0 unspecified atom stereocenters. The predicted octanol–water partition coefficient (Wildman–Crippen LogP) is 7.75. The van der Waals surface area contributed by atoms with Gasteiger partial charge in [0.1, 0.15) is 0 Å². The Kier molecular flexibility index (Phi) is 22.4. The summed E-state index contributed by atoms with van der Waals surface area (Å²) in [5.74, 6) is 4.45. The molecule has 3 aliphatic carbocycles. The maximum Gasteiger partial charge on any atom is 0 e. The third-order valence-corrected chi connectivity index (χ3v) is 4.65. The van der Waals surface area contributed by atoms with Crippen molar-refractivity contribution in [3.63, 3.8) is 0 Å². The minimum absolute atomic E-state index is 0. The molecule has 15 radical (unpaired) electrons. The molecule has 3 rings (SSSR count). The SMILES string of the molecule is CCCC[C]1[CH][CH][CH][CH]1.CCCC[C]1[CH][CH][CH][CH]1.CCCC[C]1[CH][CH][CH][CH]1.[Er]. The maximum absolute atomic E-state index is 2.23. The molecule has 0 aromatic heterocycles. The molecule has 0 N–H and O–H groups in total. The quantitative estimate of drug-likeness (QED) is 0.286. The molecular formula is C27H39Er. The topological polar surface area (TPSA) is 0 Å². The Labute approximate surface area is 209 Å².